The third-order valence-electron chi connectivity index (χ3n) is 1.61. The second kappa shape index (κ2) is 5.77. The lowest BCUT2D eigenvalue weighted by Gasteiger charge is -2.04. The molecule has 1 aromatic heterocycles. The molecule has 0 aliphatic heterocycles. The number of nitrogens with zero attached hydrogens (tertiary/aromatic N) is 1. The third kappa shape index (κ3) is 3.56. The second-order valence-electron chi connectivity index (χ2n) is 2.73. The largest absolute Gasteiger partial charge is 0.383 e. The maximum atomic E-state index is 13.2. The summed E-state index contributed by atoms with van der Waals surface area (Å²) < 4.78 is 18.5. The zero-order valence-electron chi connectivity index (χ0n) is 8.09. The topological polar surface area (TPSA) is 51.2 Å². The van der Waals surface area contributed by atoms with E-state index in [1.54, 1.807) is 0 Å². The molecule has 0 radical (unpaired) electrons. The first-order chi connectivity index (χ1) is 7.15. The van der Waals surface area contributed by atoms with E-state index < -0.39 is 11.7 Å². The fourth-order valence-electron chi connectivity index (χ4n) is 0.932. The lowest BCUT2D eigenvalue weighted by molar-refractivity contribution is 0.0927. The SMILES string of the molecule is COCCNC(=O)c1ncc(Br)cc1F. The summed E-state index contributed by atoms with van der Waals surface area (Å²) in [7, 11) is 1.52. The van der Waals surface area contributed by atoms with Gasteiger partial charge in [-0.1, -0.05) is 0 Å². The van der Waals surface area contributed by atoms with Gasteiger partial charge in [-0.3, -0.25) is 4.79 Å². The number of hydrogen-bond acceptors (Lipinski definition) is 3. The van der Waals surface area contributed by atoms with Gasteiger partial charge in [-0.15, -0.1) is 0 Å². The van der Waals surface area contributed by atoms with Gasteiger partial charge in [0.15, 0.2) is 11.5 Å². The summed E-state index contributed by atoms with van der Waals surface area (Å²) in [6.45, 7) is 0.705. The number of ether oxygens (including phenoxy) is 1. The van der Waals surface area contributed by atoms with E-state index in [4.69, 9.17) is 4.74 Å². The number of nitrogens with one attached hydrogen (secondary N) is 1. The third-order valence-corrected chi connectivity index (χ3v) is 2.05. The molecule has 1 N–H and O–H groups in total. The van der Waals surface area contributed by atoms with Crippen LogP contribution >= 0.6 is 15.9 Å². The van der Waals surface area contributed by atoms with E-state index in [2.05, 4.69) is 26.2 Å². The maximum absolute atomic E-state index is 13.2. The van der Waals surface area contributed by atoms with Crippen LogP contribution in [0.3, 0.4) is 0 Å². The first-order valence-electron chi connectivity index (χ1n) is 4.23. The van der Waals surface area contributed by atoms with Gasteiger partial charge in [0.1, 0.15) is 0 Å². The van der Waals surface area contributed by atoms with Crippen LogP contribution < -0.4 is 5.32 Å². The number of halogens is 2. The Morgan fingerprint density at radius 3 is 3.07 bits per heavy atom. The van der Waals surface area contributed by atoms with Crippen LogP contribution in [0.5, 0.6) is 0 Å². The molecule has 1 amide bonds. The second-order valence-corrected chi connectivity index (χ2v) is 3.65. The molecule has 1 aromatic rings. The summed E-state index contributed by atoms with van der Waals surface area (Å²) in [5.41, 5.74) is -0.214. The van der Waals surface area contributed by atoms with Crippen LogP contribution in [0.15, 0.2) is 16.7 Å². The number of aromatic nitrogens is 1. The Morgan fingerprint density at radius 1 is 1.73 bits per heavy atom. The minimum absolute atomic E-state index is 0.214. The van der Waals surface area contributed by atoms with Crippen LogP contribution in [0.1, 0.15) is 10.5 Å². The highest BCUT2D eigenvalue weighted by Crippen LogP contribution is 2.12. The number of carbonyl (C=O) groups excluding carboxylic acids is 1. The highest BCUT2D eigenvalue weighted by Gasteiger charge is 2.12. The van der Waals surface area contributed by atoms with E-state index in [9.17, 15) is 9.18 Å². The zero-order valence-corrected chi connectivity index (χ0v) is 9.67. The van der Waals surface area contributed by atoms with Crippen molar-refractivity contribution in [1.82, 2.24) is 10.3 Å². The van der Waals surface area contributed by atoms with E-state index in [1.807, 2.05) is 0 Å². The maximum Gasteiger partial charge on any atom is 0.273 e. The Balaban J connectivity index is 2.65. The number of methoxy groups -OCH3 is 1. The van der Waals surface area contributed by atoms with Gasteiger partial charge in [-0.2, -0.15) is 0 Å². The van der Waals surface area contributed by atoms with Crippen LogP contribution in [-0.2, 0) is 4.74 Å². The predicted molar refractivity (Wildman–Crippen MR) is 56.1 cm³/mol. The van der Waals surface area contributed by atoms with Gasteiger partial charge in [0.05, 0.1) is 6.61 Å². The monoisotopic (exact) mass is 276 g/mol. The molecule has 0 saturated carbocycles. The molecule has 0 fully saturated rings. The van der Waals surface area contributed by atoms with Gasteiger partial charge in [0.2, 0.25) is 0 Å². The van der Waals surface area contributed by atoms with Crippen molar-refractivity contribution in [3.05, 3.63) is 28.2 Å². The molecule has 0 unspecified atom stereocenters. The van der Waals surface area contributed by atoms with E-state index in [-0.39, 0.29) is 5.69 Å². The average molecular weight is 277 g/mol. The molecule has 0 bridgehead atoms. The number of hydrogen-bond donors (Lipinski definition) is 1. The number of pyridine rings is 1. The molecule has 0 spiro atoms. The molecule has 0 aromatic carbocycles. The number of amides is 1. The first-order valence-corrected chi connectivity index (χ1v) is 5.02. The van der Waals surface area contributed by atoms with E-state index in [1.165, 1.54) is 19.4 Å². The summed E-state index contributed by atoms with van der Waals surface area (Å²) >= 11 is 3.06. The van der Waals surface area contributed by atoms with Crippen molar-refractivity contribution in [3.63, 3.8) is 0 Å². The fraction of sp³-hybridized carbons (Fsp3) is 0.333. The van der Waals surface area contributed by atoms with Crippen LogP contribution in [0.25, 0.3) is 0 Å². The molecule has 15 heavy (non-hydrogen) atoms. The molecule has 0 aliphatic carbocycles. The number of rotatable bonds is 4. The molecule has 82 valence electrons. The molecule has 0 saturated heterocycles. The molecular formula is C9H10BrFN2O2. The molecule has 0 aliphatic rings. The van der Waals surface area contributed by atoms with Crippen molar-refractivity contribution in [2.45, 2.75) is 0 Å². The van der Waals surface area contributed by atoms with Crippen molar-refractivity contribution in [3.8, 4) is 0 Å². The average Bonchev–Trinajstić information content (AvgIpc) is 2.17. The van der Waals surface area contributed by atoms with Crippen LogP contribution in [-0.4, -0.2) is 31.2 Å². The summed E-state index contributed by atoms with van der Waals surface area (Å²) in [4.78, 5) is 15.0. The molecule has 1 rings (SSSR count). The zero-order chi connectivity index (χ0) is 11.3. The molecule has 6 heteroatoms. The van der Waals surface area contributed by atoms with Gasteiger partial charge >= 0.3 is 0 Å². The highest BCUT2D eigenvalue weighted by atomic mass is 79.9. The minimum Gasteiger partial charge on any atom is -0.383 e. The molecule has 4 nitrogen and oxygen atoms in total. The van der Waals surface area contributed by atoms with Crippen molar-refractivity contribution < 1.29 is 13.9 Å². The van der Waals surface area contributed by atoms with Crippen LogP contribution in [0.4, 0.5) is 4.39 Å². The van der Waals surface area contributed by atoms with Crippen molar-refractivity contribution in [2.75, 3.05) is 20.3 Å². The van der Waals surface area contributed by atoms with Gasteiger partial charge in [0.25, 0.3) is 5.91 Å². The highest BCUT2D eigenvalue weighted by molar-refractivity contribution is 9.10. The standard InChI is InChI=1S/C9H10BrFN2O2/c1-15-3-2-12-9(14)8-7(11)4-6(10)5-13-8/h4-5H,2-3H2,1H3,(H,12,14). The number of carbonyl (C=O) groups is 1. The van der Waals surface area contributed by atoms with E-state index in [0.717, 1.165) is 0 Å². The van der Waals surface area contributed by atoms with Crippen molar-refractivity contribution >= 4 is 21.8 Å². The Morgan fingerprint density at radius 2 is 2.47 bits per heavy atom. The van der Waals surface area contributed by atoms with Crippen LogP contribution in [0.2, 0.25) is 0 Å². The molecule has 0 atom stereocenters. The molecular weight excluding hydrogens is 267 g/mol. The Kier molecular flexibility index (Phi) is 4.64. The van der Waals surface area contributed by atoms with Gasteiger partial charge in [-0.05, 0) is 22.0 Å². The predicted octanol–water partition coefficient (Wildman–Crippen LogP) is 1.36. The van der Waals surface area contributed by atoms with Crippen molar-refractivity contribution in [1.29, 1.82) is 0 Å². The summed E-state index contributed by atoms with van der Waals surface area (Å²) in [5.74, 6) is -1.20. The van der Waals surface area contributed by atoms with Gasteiger partial charge < -0.3 is 10.1 Å². The van der Waals surface area contributed by atoms with E-state index >= 15 is 0 Å². The quantitative estimate of drug-likeness (QED) is 0.845. The smallest absolute Gasteiger partial charge is 0.273 e. The molecule has 1 heterocycles. The van der Waals surface area contributed by atoms with Crippen molar-refractivity contribution in [2.24, 2.45) is 0 Å². The van der Waals surface area contributed by atoms with E-state index in [0.29, 0.717) is 17.6 Å². The summed E-state index contributed by atoms with van der Waals surface area (Å²) in [6.07, 6.45) is 1.37. The lowest BCUT2D eigenvalue weighted by Crippen LogP contribution is -2.28. The minimum atomic E-state index is -0.653. The summed E-state index contributed by atoms with van der Waals surface area (Å²) in [5, 5.41) is 2.48. The van der Waals surface area contributed by atoms with Gasteiger partial charge in [-0.25, -0.2) is 9.37 Å². The fourth-order valence-corrected chi connectivity index (χ4v) is 1.24. The summed E-state index contributed by atoms with van der Waals surface area (Å²) in [6, 6.07) is 1.19. The van der Waals surface area contributed by atoms with Gasteiger partial charge in [0, 0.05) is 24.3 Å². The Labute approximate surface area is 95.0 Å². The Bertz CT molecular complexity index is 360. The lowest BCUT2D eigenvalue weighted by atomic mass is 10.3. The Hall–Kier alpha value is -1.01. The van der Waals surface area contributed by atoms with Crippen LogP contribution in [0, 0.1) is 5.82 Å². The normalized spacial score (nSPS) is 10.1. The first kappa shape index (κ1) is 12.1.